The molecule has 0 saturated heterocycles. The van der Waals surface area contributed by atoms with Gasteiger partial charge in [0.1, 0.15) is 5.82 Å². The summed E-state index contributed by atoms with van der Waals surface area (Å²) >= 11 is 0. The SMILES string of the molecule is Cc1ccc(Nc2nc(C(=O)Nc3c(C)cc(C)cc3C)nc3ccccc23)cc1. The quantitative estimate of drug-likeness (QED) is 0.453. The summed E-state index contributed by atoms with van der Waals surface area (Å²) in [6.45, 7) is 8.06. The standard InChI is InChI=1S/C25H24N4O/c1-15-9-11-19(12-10-15)26-23-20-7-5-6-8-21(20)27-24(29-23)25(30)28-22-17(3)13-16(2)14-18(22)4/h5-14H,1-4H3,(H,28,30)(H,26,27,29). The summed E-state index contributed by atoms with van der Waals surface area (Å²) in [5.74, 6) is 0.400. The van der Waals surface area contributed by atoms with Crippen molar-refractivity contribution in [2.45, 2.75) is 27.7 Å². The molecule has 5 heteroatoms. The van der Waals surface area contributed by atoms with Crippen LogP contribution in [0.2, 0.25) is 0 Å². The van der Waals surface area contributed by atoms with Crippen LogP contribution >= 0.6 is 0 Å². The lowest BCUT2D eigenvalue weighted by atomic mass is 10.1. The van der Waals surface area contributed by atoms with Crippen molar-refractivity contribution in [1.82, 2.24) is 9.97 Å². The number of fused-ring (bicyclic) bond motifs is 1. The monoisotopic (exact) mass is 396 g/mol. The van der Waals surface area contributed by atoms with Gasteiger partial charge in [-0.3, -0.25) is 4.79 Å². The molecule has 0 aliphatic heterocycles. The first-order chi connectivity index (χ1) is 14.4. The molecule has 2 N–H and O–H groups in total. The number of para-hydroxylation sites is 1. The van der Waals surface area contributed by atoms with Crippen LogP contribution in [0.4, 0.5) is 17.2 Å². The van der Waals surface area contributed by atoms with E-state index in [0.717, 1.165) is 33.5 Å². The van der Waals surface area contributed by atoms with Gasteiger partial charge in [-0.05, 0) is 63.1 Å². The second-order valence-electron chi connectivity index (χ2n) is 7.63. The summed E-state index contributed by atoms with van der Waals surface area (Å²) in [4.78, 5) is 22.1. The number of nitrogens with zero attached hydrogens (tertiary/aromatic N) is 2. The van der Waals surface area contributed by atoms with Crippen molar-refractivity contribution in [3.63, 3.8) is 0 Å². The lowest BCUT2D eigenvalue weighted by molar-refractivity contribution is 0.101. The van der Waals surface area contributed by atoms with Gasteiger partial charge in [-0.15, -0.1) is 0 Å². The summed E-state index contributed by atoms with van der Waals surface area (Å²) in [7, 11) is 0. The molecule has 5 nitrogen and oxygen atoms in total. The highest BCUT2D eigenvalue weighted by atomic mass is 16.2. The molecule has 1 amide bonds. The van der Waals surface area contributed by atoms with Gasteiger partial charge >= 0.3 is 0 Å². The molecular formula is C25H24N4O. The summed E-state index contributed by atoms with van der Waals surface area (Å²) in [6, 6.07) is 19.8. The van der Waals surface area contributed by atoms with Gasteiger partial charge in [-0.1, -0.05) is 47.5 Å². The Kier molecular flexibility index (Phi) is 5.19. The van der Waals surface area contributed by atoms with Crippen molar-refractivity contribution < 1.29 is 4.79 Å². The predicted octanol–water partition coefficient (Wildman–Crippen LogP) is 5.86. The minimum Gasteiger partial charge on any atom is -0.340 e. The van der Waals surface area contributed by atoms with Crippen LogP contribution in [0.5, 0.6) is 0 Å². The number of rotatable bonds is 4. The topological polar surface area (TPSA) is 66.9 Å². The number of benzene rings is 3. The van der Waals surface area contributed by atoms with Crippen LogP contribution in [0.25, 0.3) is 10.9 Å². The zero-order valence-corrected chi connectivity index (χ0v) is 17.6. The largest absolute Gasteiger partial charge is 0.340 e. The molecule has 0 aliphatic rings. The molecule has 0 aliphatic carbocycles. The van der Waals surface area contributed by atoms with E-state index in [1.54, 1.807) is 0 Å². The predicted molar refractivity (Wildman–Crippen MR) is 123 cm³/mol. The van der Waals surface area contributed by atoms with E-state index >= 15 is 0 Å². The first-order valence-corrected chi connectivity index (χ1v) is 9.90. The zero-order valence-electron chi connectivity index (χ0n) is 17.6. The molecule has 4 aromatic rings. The van der Waals surface area contributed by atoms with Crippen LogP contribution in [0.15, 0.2) is 60.7 Å². The highest BCUT2D eigenvalue weighted by Crippen LogP contribution is 2.26. The second kappa shape index (κ2) is 7.95. The summed E-state index contributed by atoms with van der Waals surface area (Å²) in [5, 5.41) is 7.18. The van der Waals surface area contributed by atoms with Gasteiger partial charge in [0.25, 0.3) is 5.91 Å². The van der Waals surface area contributed by atoms with E-state index in [4.69, 9.17) is 0 Å². The van der Waals surface area contributed by atoms with Gasteiger partial charge in [-0.2, -0.15) is 0 Å². The summed E-state index contributed by atoms with van der Waals surface area (Å²) in [6.07, 6.45) is 0. The molecule has 0 radical (unpaired) electrons. The number of amides is 1. The molecule has 0 saturated carbocycles. The molecule has 3 aromatic carbocycles. The molecule has 0 spiro atoms. The minimum atomic E-state index is -0.331. The zero-order chi connectivity index (χ0) is 21.3. The maximum Gasteiger partial charge on any atom is 0.293 e. The number of hydrogen-bond donors (Lipinski definition) is 2. The first-order valence-electron chi connectivity index (χ1n) is 9.90. The fourth-order valence-electron chi connectivity index (χ4n) is 3.59. The normalized spacial score (nSPS) is 10.8. The average Bonchev–Trinajstić information content (AvgIpc) is 2.72. The maximum atomic E-state index is 13.0. The van der Waals surface area contributed by atoms with Gasteiger partial charge in [0.05, 0.1) is 5.52 Å². The lowest BCUT2D eigenvalue weighted by Crippen LogP contribution is -2.18. The summed E-state index contributed by atoms with van der Waals surface area (Å²) < 4.78 is 0. The van der Waals surface area contributed by atoms with Crippen molar-refractivity contribution in [1.29, 1.82) is 0 Å². The Labute approximate surface area is 176 Å². The Morgan fingerprint density at radius 2 is 1.47 bits per heavy atom. The number of carbonyl (C=O) groups is 1. The van der Waals surface area contributed by atoms with Gasteiger partial charge < -0.3 is 10.6 Å². The van der Waals surface area contributed by atoms with Crippen molar-refractivity contribution >= 4 is 34.0 Å². The van der Waals surface area contributed by atoms with Crippen molar-refractivity contribution in [3.8, 4) is 0 Å². The van der Waals surface area contributed by atoms with E-state index in [-0.39, 0.29) is 11.7 Å². The number of anilines is 3. The van der Waals surface area contributed by atoms with Crippen LogP contribution in [0.3, 0.4) is 0 Å². The van der Waals surface area contributed by atoms with Crippen LogP contribution in [0.1, 0.15) is 32.9 Å². The first kappa shape index (κ1) is 19.6. The molecule has 0 unspecified atom stereocenters. The minimum absolute atomic E-state index is 0.127. The lowest BCUT2D eigenvalue weighted by Gasteiger charge is -2.14. The van der Waals surface area contributed by atoms with E-state index in [1.165, 1.54) is 5.56 Å². The molecule has 0 atom stereocenters. The number of hydrogen-bond acceptors (Lipinski definition) is 4. The van der Waals surface area contributed by atoms with Gasteiger partial charge in [0, 0.05) is 16.8 Å². The maximum absolute atomic E-state index is 13.0. The van der Waals surface area contributed by atoms with Crippen molar-refractivity contribution in [2.24, 2.45) is 0 Å². The third-order valence-electron chi connectivity index (χ3n) is 5.04. The van der Waals surface area contributed by atoms with Crippen LogP contribution in [-0.4, -0.2) is 15.9 Å². The Hall–Kier alpha value is -3.73. The fourth-order valence-corrected chi connectivity index (χ4v) is 3.59. The van der Waals surface area contributed by atoms with Crippen LogP contribution < -0.4 is 10.6 Å². The third-order valence-corrected chi connectivity index (χ3v) is 5.04. The van der Waals surface area contributed by atoms with E-state index in [0.29, 0.717) is 11.3 Å². The third kappa shape index (κ3) is 4.01. The highest BCUT2D eigenvalue weighted by molar-refractivity contribution is 6.04. The molecule has 1 aromatic heterocycles. The molecule has 30 heavy (non-hydrogen) atoms. The van der Waals surface area contributed by atoms with Gasteiger partial charge in [-0.25, -0.2) is 9.97 Å². The van der Waals surface area contributed by atoms with Crippen LogP contribution in [-0.2, 0) is 0 Å². The summed E-state index contributed by atoms with van der Waals surface area (Å²) in [5.41, 5.74) is 6.78. The van der Waals surface area contributed by atoms with E-state index in [1.807, 2.05) is 88.4 Å². The number of carbonyl (C=O) groups excluding carboxylic acids is 1. The molecule has 4 rings (SSSR count). The van der Waals surface area contributed by atoms with E-state index in [2.05, 4.69) is 20.6 Å². The molecule has 150 valence electrons. The fraction of sp³-hybridized carbons (Fsp3) is 0.160. The molecule has 1 heterocycles. The van der Waals surface area contributed by atoms with Crippen LogP contribution in [0, 0.1) is 27.7 Å². The Balaban J connectivity index is 1.72. The van der Waals surface area contributed by atoms with Crippen molar-refractivity contribution in [3.05, 3.63) is 88.7 Å². The number of aromatic nitrogens is 2. The smallest absolute Gasteiger partial charge is 0.293 e. The highest BCUT2D eigenvalue weighted by Gasteiger charge is 2.16. The number of aryl methyl sites for hydroxylation is 4. The second-order valence-corrected chi connectivity index (χ2v) is 7.63. The Bertz CT molecular complexity index is 1220. The molecule has 0 fully saturated rings. The number of nitrogens with one attached hydrogen (secondary N) is 2. The van der Waals surface area contributed by atoms with E-state index < -0.39 is 0 Å². The Morgan fingerprint density at radius 1 is 0.800 bits per heavy atom. The molecule has 0 bridgehead atoms. The molecular weight excluding hydrogens is 372 g/mol. The Morgan fingerprint density at radius 3 is 2.17 bits per heavy atom. The average molecular weight is 396 g/mol. The van der Waals surface area contributed by atoms with Gasteiger partial charge in [0.2, 0.25) is 5.82 Å². The van der Waals surface area contributed by atoms with E-state index in [9.17, 15) is 4.79 Å². The van der Waals surface area contributed by atoms with Crippen molar-refractivity contribution in [2.75, 3.05) is 10.6 Å². The van der Waals surface area contributed by atoms with Gasteiger partial charge in [0.15, 0.2) is 0 Å².